The van der Waals surface area contributed by atoms with Crippen LogP contribution in [0.1, 0.15) is 114 Å². The van der Waals surface area contributed by atoms with E-state index in [-0.39, 0.29) is 42.3 Å². The molecule has 3 fully saturated rings. The zero-order chi connectivity index (χ0) is 40.5. The molecule has 4 atom stereocenters. The molecular formula is C44H56FN5O6. The number of Topliss-reactive ketones (excluding diaryl/α,β-unsaturated/α-hetero) is 2. The second-order valence-electron chi connectivity index (χ2n) is 17.4. The maximum atomic E-state index is 14.2. The topological polar surface area (TPSA) is 148 Å². The molecule has 3 aromatic rings. The summed E-state index contributed by atoms with van der Waals surface area (Å²) in [4.78, 5) is 58.0. The minimum absolute atomic E-state index is 0.0759. The Labute approximate surface area is 329 Å². The number of nitrogens with two attached hydrogens (primary N) is 2. The van der Waals surface area contributed by atoms with Gasteiger partial charge in [-0.15, -0.1) is 0 Å². The summed E-state index contributed by atoms with van der Waals surface area (Å²) < 4.78 is 25.3. The lowest BCUT2D eigenvalue weighted by molar-refractivity contribution is -0.123. The second-order valence-corrected chi connectivity index (χ2v) is 17.4. The third kappa shape index (κ3) is 9.28. The summed E-state index contributed by atoms with van der Waals surface area (Å²) in [7, 11) is 0. The highest BCUT2D eigenvalue weighted by Crippen LogP contribution is 2.48. The van der Waals surface area contributed by atoms with Gasteiger partial charge in [0.05, 0.1) is 24.2 Å². The fourth-order valence-electron chi connectivity index (χ4n) is 8.29. The summed E-state index contributed by atoms with van der Waals surface area (Å²) in [5, 5.41) is 0. The van der Waals surface area contributed by atoms with Crippen LogP contribution in [-0.2, 0) is 31.9 Å². The lowest BCUT2D eigenvalue weighted by atomic mass is 9.96. The zero-order valence-corrected chi connectivity index (χ0v) is 33.5. The average molecular weight is 770 g/mol. The third-order valence-corrected chi connectivity index (χ3v) is 10.9. The van der Waals surface area contributed by atoms with Gasteiger partial charge in [0.25, 0.3) is 0 Å². The largest absolute Gasteiger partial charge is 0.444 e. The molecule has 6 rings (SSSR count). The first-order valence-electron chi connectivity index (χ1n) is 19.7. The van der Waals surface area contributed by atoms with Crippen LogP contribution in [0.15, 0.2) is 60.7 Å². The molecular weight excluding hydrogens is 714 g/mol. The van der Waals surface area contributed by atoms with Crippen LogP contribution >= 0.6 is 0 Å². The molecule has 2 amide bonds. The zero-order valence-electron chi connectivity index (χ0n) is 33.5. The lowest BCUT2D eigenvalue weighted by Crippen LogP contribution is -2.43. The van der Waals surface area contributed by atoms with E-state index in [9.17, 15) is 23.6 Å². The Hall–Kier alpha value is -5.13. The number of nitrogens with zero attached hydrogens (tertiary/aromatic N) is 3. The molecule has 4 N–H and O–H groups in total. The Morgan fingerprint density at radius 3 is 1.43 bits per heavy atom. The van der Waals surface area contributed by atoms with E-state index in [2.05, 4.69) is 4.90 Å². The highest BCUT2D eigenvalue weighted by Gasteiger charge is 2.39. The first-order chi connectivity index (χ1) is 26.4. The number of anilines is 3. The van der Waals surface area contributed by atoms with E-state index in [1.54, 1.807) is 53.7 Å². The van der Waals surface area contributed by atoms with E-state index in [0.29, 0.717) is 48.4 Å². The molecule has 0 aromatic heterocycles. The Balaban J connectivity index is 1.19. The van der Waals surface area contributed by atoms with Gasteiger partial charge in [-0.1, -0.05) is 24.3 Å². The fraction of sp³-hybridized carbons (Fsp3) is 0.500. The first-order valence-corrected chi connectivity index (χ1v) is 19.7. The molecule has 3 aliphatic heterocycles. The highest BCUT2D eigenvalue weighted by molar-refractivity contribution is 5.91. The molecule has 0 saturated carbocycles. The summed E-state index contributed by atoms with van der Waals surface area (Å²) in [6.07, 6.45) is 3.41. The molecule has 0 spiro atoms. The van der Waals surface area contributed by atoms with Gasteiger partial charge in [0, 0.05) is 43.0 Å². The number of ketones is 2. The SMILES string of the molecule is CC(C)(C)OC(=O)N1CCCC1C(=O)Cc1ccc(C2CCC(c3ccc(CC(=O)C4CCCN4C(=O)OC(C)(C)C)c(N)c3)N2c2ccc(F)cc2)cc1N. The van der Waals surface area contributed by atoms with Gasteiger partial charge in [0.1, 0.15) is 17.0 Å². The van der Waals surface area contributed by atoms with E-state index < -0.39 is 35.5 Å². The summed E-state index contributed by atoms with van der Waals surface area (Å²) in [6.45, 7) is 11.8. The van der Waals surface area contributed by atoms with Gasteiger partial charge in [-0.25, -0.2) is 14.0 Å². The number of benzene rings is 3. The average Bonchev–Trinajstić information content (AvgIpc) is 3.89. The van der Waals surface area contributed by atoms with Crippen molar-refractivity contribution < 1.29 is 33.0 Å². The smallest absolute Gasteiger partial charge is 0.410 e. The van der Waals surface area contributed by atoms with Gasteiger partial charge < -0.3 is 25.8 Å². The van der Waals surface area contributed by atoms with Gasteiger partial charge >= 0.3 is 12.2 Å². The second kappa shape index (κ2) is 16.2. The summed E-state index contributed by atoms with van der Waals surface area (Å²) >= 11 is 0. The van der Waals surface area contributed by atoms with Crippen LogP contribution < -0.4 is 16.4 Å². The summed E-state index contributed by atoms with van der Waals surface area (Å²) in [5.74, 6) is -0.487. The number of amides is 2. The maximum Gasteiger partial charge on any atom is 0.410 e. The van der Waals surface area contributed by atoms with Crippen molar-refractivity contribution >= 4 is 40.8 Å². The third-order valence-electron chi connectivity index (χ3n) is 10.9. The summed E-state index contributed by atoms with van der Waals surface area (Å²) in [6, 6.07) is 16.7. The quantitative estimate of drug-likeness (QED) is 0.206. The van der Waals surface area contributed by atoms with Gasteiger partial charge in [-0.05, 0) is 139 Å². The molecule has 0 aliphatic carbocycles. The van der Waals surface area contributed by atoms with Crippen molar-refractivity contribution in [3.05, 3.63) is 88.7 Å². The van der Waals surface area contributed by atoms with Crippen molar-refractivity contribution in [2.75, 3.05) is 29.5 Å². The fourth-order valence-corrected chi connectivity index (χ4v) is 8.29. The number of carbonyl (C=O) groups is 4. The molecule has 0 radical (unpaired) electrons. The monoisotopic (exact) mass is 769 g/mol. The van der Waals surface area contributed by atoms with Gasteiger partial charge in [-0.3, -0.25) is 19.4 Å². The molecule has 56 heavy (non-hydrogen) atoms. The van der Waals surface area contributed by atoms with Crippen LogP contribution in [-0.4, -0.2) is 69.9 Å². The maximum absolute atomic E-state index is 14.2. The van der Waals surface area contributed by atoms with Crippen LogP contribution in [0.4, 0.5) is 31.0 Å². The highest BCUT2D eigenvalue weighted by atomic mass is 19.1. The lowest BCUT2D eigenvalue weighted by Gasteiger charge is -2.34. The number of halogens is 1. The minimum Gasteiger partial charge on any atom is -0.444 e. The molecule has 3 aliphatic rings. The Kier molecular flexibility index (Phi) is 11.7. The van der Waals surface area contributed by atoms with E-state index in [0.717, 1.165) is 42.5 Å². The van der Waals surface area contributed by atoms with E-state index in [4.69, 9.17) is 20.9 Å². The van der Waals surface area contributed by atoms with Crippen LogP contribution in [0.5, 0.6) is 0 Å². The van der Waals surface area contributed by atoms with Crippen LogP contribution in [0, 0.1) is 5.82 Å². The molecule has 4 unspecified atom stereocenters. The number of hydrogen-bond acceptors (Lipinski definition) is 9. The minimum atomic E-state index is -0.658. The predicted molar refractivity (Wildman–Crippen MR) is 215 cm³/mol. The Morgan fingerprint density at radius 2 is 1.05 bits per heavy atom. The standard InChI is InChI=1S/C44H56FN5O6/c1-43(2,3)55-41(53)48-21-7-9-37(48)39(51)25-27-11-13-29(23-33(27)46)35-19-20-36(50(35)32-17-15-31(45)16-18-32)30-14-12-28(34(47)24-30)26-40(52)38-10-8-22-49(38)42(54)56-44(4,5)6/h11-18,23-24,35-38H,7-10,19-22,25-26,46-47H2,1-6H3. The van der Waals surface area contributed by atoms with Crippen molar-refractivity contribution in [2.45, 2.75) is 128 Å². The van der Waals surface area contributed by atoms with Gasteiger partial charge in [-0.2, -0.15) is 0 Å². The molecule has 3 saturated heterocycles. The molecule has 12 heteroatoms. The molecule has 3 aromatic carbocycles. The molecule has 0 bridgehead atoms. The Morgan fingerprint density at radius 1 is 0.643 bits per heavy atom. The molecule has 300 valence electrons. The Bertz CT molecular complexity index is 1840. The van der Waals surface area contributed by atoms with Crippen molar-refractivity contribution in [2.24, 2.45) is 0 Å². The number of hydrogen-bond donors (Lipinski definition) is 2. The van der Waals surface area contributed by atoms with Crippen molar-refractivity contribution in [1.29, 1.82) is 0 Å². The van der Waals surface area contributed by atoms with Crippen molar-refractivity contribution in [3.8, 4) is 0 Å². The molecule has 3 heterocycles. The number of rotatable bonds is 9. The number of nitrogen functional groups attached to an aromatic ring is 2. The van der Waals surface area contributed by atoms with E-state index in [1.165, 1.54) is 21.9 Å². The van der Waals surface area contributed by atoms with Crippen molar-refractivity contribution in [1.82, 2.24) is 9.80 Å². The number of carbonyl (C=O) groups excluding carboxylic acids is 4. The predicted octanol–water partition coefficient (Wildman–Crippen LogP) is 8.10. The summed E-state index contributed by atoms with van der Waals surface area (Å²) in [5.41, 5.74) is 17.1. The van der Waals surface area contributed by atoms with Gasteiger partial charge in [0.15, 0.2) is 11.6 Å². The van der Waals surface area contributed by atoms with Crippen LogP contribution in [0.2, 0.25) is 0 Å². The van der Waals surface area contributed by atoms with E-state index >= 15 is 0 Å². The van der Waals surface area contributed by atoms with Crippen molar-refractivity contribution in [3.63, 3.8) is 0 Å². The van der Waals surface area contributed by atoms with E-state index in [1.807, 2.05) is 36.4 Å². The van der Waals surface area contributed by atoms with Crippen LogP contribution in [0.25, 0.3) is 0 Å². The molecule has 11 nitrogen and oxygen atoms in total. The van der Waals surface area contributed by atoms with Crippen LogP contribution in [0.3, 0.4) is 0 Å². The number of likely N-dealkylation sites (tertiary alicyclic amines) is 2. The van der Waals surface area contributed by atoms with Gasteiger partial charge in [0.2, 0.25) is 0 Å². The normalized spacial score (nSPS) is 21.4. The number of ether oxygens (including phenoxy) is 2. The first kappa shape index (κ1) is 40.5.